The van der Waals surface area contributed by atoms with E-state index < -0.39 is 11.1 Å². The van der Waals surface area contributed by atoms with Gasteiger partial charge < -0.3 is 10.2 Å². The van der Waals surface area contributed by atoms with E-state index in [1.54, 1.807) is 37.3 Å². The number of benzene rings is 2. The van der Waals surface area contributed by atoms with Crippen LogP contribution in [0.1, 0.15) is 39.5 Å². The van der Waals surface area contributed by atoms with Crippen molar-refractivity contribution in [1.82, 2.24) is 19.8 Å². The fourth-order valence-corrected chi connectivity index (χ4v) is 5.32. The van der Waals surface area contributed by atoms with Gasteiger partial charge in [0.15, 0.2) is 5.16 Å². The van der Waals surface area contributed by atoms with Crippen molar-refractivity contribution in [3.8, 4) is 5.69 Å². The number of nitrogens with zero attached hydrogens (tertiary/aromatic N) is 3. The van der Waals surface area contributed by atoms with Crippen LogP contribution in [0.3, 0.4) is 0 Å². The highest BCUT2D eigenvalue weighted by atomic mass is 32.2. The molecule has 1 aliphatic rings. The summed E-state index contributed by atoms with van der Waals surface area (Å²) < 4.78 is 15.3. The number of halogens is 1. The number of amides is 1. The summed E-state index contributed by atoms with van der Waals surface area (Å²) in [7, 11) is 0. The summed E-state index contributed by atoms with van der Waals surface area (Å²) >= 11 is 1.20. The Labute approximate surface area is 203 Å². The summed E-state index contributed by atoms with van der Waals surface area (Å²) in [6, 6.07) is 13.5. The Morgan fingerprint density at radius 2 is 2.06 bits per heavy atom. The molecular weight excluding hydrogens is 451 g/mol. The van der Waals surface area contributed by atoms with Gasteiger partial charge in [0.05, 0.1) is 21.8 Å². The van der Waals surface area contributed by atoms with Crippen LogP contribution in [-0.4, -0.2) is 51.3 Å². The zero-order valence-corrected chi connectivity index (χ0v) is 20.5. The van der Waals surface area contributed by atoms with Crippen LogP contribution >= 0.6 is 11.8 Å². The molecule has 1 saturated heterocycles. The van der Waals surface area contributed by atoms with Crippen molar-refractivity contribution in [2.24, 2.45) is 0 Å². The Hall–Kier alpha value is -2.71. The summed E-state index contributed by atoms with van der Waals surface area (Å²) in [5, 5.41) is 3.35. The first-order chi connectivity index (χ1) is 16.4. The zero-order valence-electron chi connectivity index (χ0n) is 19.7. The second-order valence-corrected chi connectivity index (χ2v) is 10.1. The summed E-state index contributed by atoms with van der Waals surface area (Å²) in [5.74, 6) is -0.549. The molecule has 8 heteroatoms. The van der Waals surface area contributed by atoms with Gasteiger partial charge in [-0.15, -0.1) is 0 Å². The molecule has 3 aromatic rings. The van der Waals surface area contributed by atoms with Gasteiger partial charge in [0, 0.05) is 19.1 Å². The van der Waals surface area contributed by atoms with Crippen LogP contribution in [0, 0.1) is 5.82 Å². The average molecular weight is 483 g/mol. The van der Waals surface area contributed by atoms with E-state index in [2.05, 4.69) is 22.1 Å². The summed E-state index contributed by atoms with van der Waals surface area (Å²) in [4.78, 5) is 33.2. The second kappa shape index (κ2) is 11.1. The van der Waals surface area contributed by atoms with Crippen LogP contribution in [0.5, 0.6) is 0 Å². The monoisotopic (exact) mass is 482 g/mol. The number of hydrogen-bond donors (Lipinski definition) is 1. The number of rotatable bonds is 8. The molecule has 0 radical (unpaired) electrons. The molecule has 0 aliphatic carbocycles. The predicted molar refractivity (Wildman–Crippen MR) is 135 cm³/mol. The molecule has 6 nitrogen and oxygen atoms in total. The quantitative estimate of drug-likeness (QED) is 0.293. The molecule has 2 heterocycles. The number of likely N-dealkylation sites (tertiary alicyclic amines) is 1. The molecule has 0 bridgehead atoms. The summed E-state index contributed by atoms with van der Waals surface area (Å²) in [6.07, 6.45) is 4.68. The third-order valence-corrected chi connectivity index (χ3v) is 7.38. The highest BCUT2D eigenvalue weighted by Crippen LogP contribution is 2.25. The minimum absolute atomic E-state index is 0.107. The van der Waals surface area contributed by atoms with Gasteiger partial charge in [-0.3, -0.25) is 14.2 Å². The fourth-order valence-electron chi connectivity index (χ4n) is 4.37. The van der Waals surface area contributed by atoms with Crippen molar-refractivity contribution in [2.45, 2.75) is 56.0 Å². The third-order valence-electron chi connectivity index (χ3n) is 6.32. The maximum absolute atomic E-state index is 13.9. The number of para-hydroxylation sites is 1. The van der Waals surface area contributed by atoms with E-state index in [0.717, 1.165) is 19.5 Å². The van der Waals surface area contributed by atoms with Crippen LogP contribution in [0.4, 0.5) is 4.39 Å². The molecule has 4 rings (SSSR count). The van der Waals surface area contributed by atoms with Gasteiger partial charge in [0.25, 0.3) is 5.56 Å². The average Bonchev–Trinajstić information content (AvgIpc) is 2.83. The van der Waals surface area contributed by atoms with Gasteiger partial charge in [0.2, 0.25) is 5.91 Å². The third kappa shape index (κ3) is 5.67. The largest absolute Gasteiger partial charge is 0.355 e. The molecule has 2 atom stereocenters. The van der Waals surface area contributed by atoms with E-state index >= 15 is 0 Å². The van der Waals surface area contributed by atoms with Crippen LogP contribution in [0.25, 0.3) is 16.6 Å². The number of thioether (sulfide) groups is 1. The molecular formula is C26H31FN4O2S. The number of aromatic nitrogens is 2. The van der Waals surface area contributed by atoms with Gasteiger partial charge >= 0.3 is 0 Å². The lowest BCUT2D eigenvalue weighted by molar-refractivity contribution is -0.120. The first-order valence-electron chi connectivity index (χ1n) is 11.9. The first-order valence-corrected chi connectivity index (χ1v) is 12.8. The molecule has 34 heavy (non-hydrogen) atoms. The van der Waals surface area contributed by atoms with E-state index in [1.807, 2.05) is 6.07 Å². The molecule has 1 aliphatic heterocycles. The van der Waals surface area contributed by atoms with Crippen molar-refractivity contribution in [3.63, 3.8) is 0 Å². The minimum Gasteiger partial charge on any atom is -0.355 e. The standard InChI is InChI=1S/C26H31FN4O2S/c1-18-9-5-6-15-30(18)16-8-14-28-24(32)19(2)34-26-29-23-13-4-3-12-22(23)25(33)31(26)21-11-7-10-20(27)17-21/h3-4,7,10-13,17-19H,5-6,8-9,14-16H2,1-2H3,(H,28,32). The highest BCUT2D eigenvalue weighted by Gasteiger charge is 2.21. The Bertz CT molecular complexity index is 1210. The van der Waals surface area contributed by atoms with E-state index in [1.165, 1.54) is 47.7 Å². The number of hydrogen-bond acceptors (Lipinski definition) is 5. The lowest BCUT2D eigenvalue weighted by Crippen LogP contribution is -2.40. The topological polar surface area (TPSA) is 67.2 Å². The Balaban J connectivity index is 1.47. The summed E-state index contributed by atoms with van der Waals surface area (Å²) in [6.45, 7) is 6.78. The van der Waals surface area contributed by atoms with Crippen molar-refractivity contribution in [3.05, 3.63) is 64.7 Å². The predicted octanol–water partition coefficient (Wildman–Crippen LogP) is 4.39. The number of nitrogens with one attached hydrogen (secondary N) is 1. The molecule has 0 spiro atoms. The van der Waals surface area contributed by atoms with Gasteiger partial charge in [-0.25, -0.2) is 9.37 Å². The molecule has 2 unspecified atom stereocenters. The van der Waals surface area contributed by atoms with E-state index in [9.17, 15) is 14.0 Å². The Morgan fingerprint density at radius 3 is 2.85 bits per heavy atom. The molecule has 2 aromatic carbocycles. The SMILES string of the molecule is CC(Sc1nc2ccccc2c(=O)n1-c1cccc(F)c1)C(=O)NCCCN1CCCCC1C. The van der Waals surface area contributed by atoms with Crippen molar-refractivity contribution in [1.29, 1.82) is 0 Å². The molecule has 180 valence electrons. The molecule has 0 saturated carbocycles. The Kier molecular flexibility index (Phi) is 8.00. The number of piperidine rings is 1. The number of carbonyl (C=O) groups is 1. The smallest absolute Gasteiger partial charge is 0.266 e. The number of carbonyl (C=O) groups excluding carboxylic acids is 1. The lowest BCUT2D eigenvalue weighted by Gasteiger charge is -2.33. The maximum atomic E-state index is 13.9. The van der Waals surface area contributed by atoms with Crippen molar-refractivity contribution < 1.29 is 9.18 Å². The van der Waals surface area contributed by atoms with Crippen LogP contribution in [0.2, 0.25) is 0 Å². The van der Waals surface area contributed by atoms with Gasteiger partial charge in [-0.1, -0.05) is 36.4 Å². The van der Waals surface area contributed by atoms with Crippen molar-refractivity contribution in [2.75, 3.05) is 19.6 Å². The normalized spacial score (nSPS) is 17.6. The van der Waals surface area contributed by atoms with E-state index in [-0.39, 0.29) is 11.5 Å². The van der Waals surface area contributed by atoms with Crippen molar-refractivity contribution >= 4 is 28.6 Å². The second-order valence-electron chi connectivity index (χ2n) is 8.82. The van der Waals surface area contributed by atoms with E-state index in [4.69, 9.17) is 0 Å². The Morgan fingerprint density at radius 1 is 1.24 bits per heavy atom. The molecule has 1 N–H and O–H groups in total. The van der Waals surface area contributed by atoms with Crippen LogP contribution < -0.4 is 10.9 Å². The highest BCUT2D eigenvalue weighted by molar-refractivity contribution is 8.00. The molecule has 1 amide bonds. The van der Waals surface area contributed by atoms with Crippen LogP contribution in [-0.2, 0) is 4.79 Å². The van der Waals surface area contributed by atoms with Crippen LogP contribution in [0.15, 0.2) is 58.5 Å². The number of fused-ring (bicyclic) bond motifs is 1. The first kappa shape index (κ1) is 24.4. The summed E-state index contributed by atoms with van der Waals surface area (Å²) in [5.41, 5.74) is 0.641. The lowest BCUT2D eigenvalue weighted by atomic mass is 10.0. The minimum atomic E-state index is -0.471. The molecule has 1 aromatic heterocycles. The fraction of sp³-hybridized carbons (Fsp3) is 0.423. The molecule has 1 fully saturated rings. The van der Waals surface area contributed by atoms with Gasteiger partial charge in [0.1, 0.15) is 5.82 Å². The zero-order chi connectivity index (χ0) is 24.1. The van der Waals surface area contributed by atoms with Gasteiger partial charge in [-0.2, -0.15) is 0 Å². The van der Waals surface area contributed by atoms with Gasteiger partial charge in [-0.05, 0) is 70.0 Å². The van der Waals surface area contributed by atoms with E-state index in [0.29, 0.717) is 34.3 Å². The maximum Gasteiger partial charge on any atom is 0.266 e.